The van der Waals surface area contributed by atoms with Crippen molar-refractivity contribution in [3.63, 3.8) is 0 Å². The van der Waals surface area contributed by atoms with Crippen LogP contribution in [0.25, 0.3) is 0 Å². The van der Waals surface area contributed by atoms with Crippen LogP contribution in [-0.4, -0.2) is 91.5 Å². The lowest BCUT2D eigenvalue weighted by molar-refractivity contribution is -0.138. The first-order chi connectivity index (χ1) is 18.1. The number of carbonyl (C=O) groups excluding carboxylic acids is 3. The maximum atomic E-state index is 13.9. The van der Waals surface area contributed by atoms with E-state index in [0.29, 0.717) is 24.4 Å². The maximum Gasteiger partial charge on any atom is 0.251 e. The lowest BCUT2D eigenvalue weighted by Crippen LogP contribution is -2.53. The number of rotatable bonds is 8. The number of fused-ring (bicyclic) bond motifs is 1. The predicted octanol–water partition coefficient (Wildman–Crippen LogP) is 2.96. The van der Waals surface area contributed by atoms with Crippen molar-refractivity contribution >= 4 is 23.3 Å². The quantitative estimate of drug-likeness (QED) is 0.563. The maximum absolute atomic E-state index is 13.9. The first kappa shape index (κ1) is 27.1. The van der Waals surface area contributed by atoms with Gasteiger partial charge in [0.15, 0.2) is 5.78 Å². The summed E-state index contributed by atoms with van der Waals surface area (Å²) in [6, 6.07) is 6.51. The number of likely N-dealkylation sites (tertiary alicyclic amines) is 1. The van der Waals surface area contributed by atoms with Crippen molar-refractivity contribution in [1.29, 1.82) is 0 Å². The van der Waals surface area contributed by atoms with E-state index in [0.717, 1.165) is 51.3 Å². The Balaban J connectivity index is 1.26. The van der Waals surface area contributed by atoms with Gasteiger partial charge in [-0.2, -0.15) is 0 Å². The minimum Gasteiger partial charge on any atom is -0.369 e. The van der Waals surface area contributed by atoms with Crippen LogP contribution in [0.4, 0.5) is 5.69 Å². The Morgan fingerprint density at radius 2 is 1.76 bits per heavy atom. The van der Waals surface area contributed by atoms with Crippen LogP contribution >= 0.6 is 0 Å². The summed E-state index contributed by atoms with van der Waals surface area (Å²) in [5, 5.41) is 3.04. The number of anilines is 1. The molecule has 2 amide bonds. The predicted molar refractivity (Wildman–Crippen MR) is 147 cm³/mol. The van der Waals surface area contributed by atoms with Gasteiger partial charge in [-0.3, -0.25) is 19.3 Å². The highest BCUT2D eigenvalue weighted by Gasteiger charge is 2.56. The molecule has 0 bridgehead atoms. The molecule has 208 valence electrons. The van der Waals surface area contributed by atoms with Gasteiger partial charge in [0.05, 0.1) is 6.10 Å². The second kappa shape index (κ2) is 11.0. The lowest BCUT2D eigenvalue weighted by Gasteiger charge is -2.36. The zero-order valence-corrected chi connectivity index (χ0v) is 23.4. The number of Topliss-reactive ketones (excluding diaryl/α,β-unsaturated/α-hetero) is 1. The van der Waals surface area contributed by atoms with Gasteiger partial charge in [0.1, 0.15) is 18.7 Å². The molecule has 1 aromatic carbocycles. The minimum atomic E-state index is -0.694. The largest absolute Gasteiger partial charge is 0.369 e. The summed E-state index contributed by atoms with van der Waals surface area (Å²) in [6.07, 6.45) is 3.75. The van der Waals surface area contributed by atoms with E-state index >= 15 is 0 Å². The number of piperazine rings is 1. The average molecular weight is 525 g/mol. The number of carbonyl (C=O) groups is 3. The SMILES string of the molecule is CCCN1CCN(c2ccc(C(=O)NC(CC(C)(C)C)C(=O)N3C[C@@H](C4CC4)[C@H]4OCC(=O)[C@H]43)cc2)CC1. The van der Waals surface area contributed by atoms with Crippen molar-refractivity contribution in [2.24, 2.45) is 17.3 Å². The highest BCUT2D eigenvalue weighted by molar-refractivity contribution is 5.99. The van der Waals surface area contributed by atoms with Gasteiger partial charge >= 0.3 is 0 Å². The Morgan fingerprint density at radius 1 is 1.08 bits per heavy atom. The van der Waals surface area contributed by atoms with Crippen LogP contribution in [0.15, 0.2) is 24.3 Å². The summed E-state index contributed by atoms with van der Waals surface area (Å²) in [5.41, 5.74) is 1.48. The molecule has 4 fully saturated rings. The van der Waals surface area contributed by atoms with Gasteiger partial charge in [0.2, 0.25) is 5.91 Å². The lowest BCUT2D eigenvalue weighted by atomic mass is 9.87. The van der Waals surface area contributed by atoms with E-state index < -0.39 is 12.1 Å². The van der Waals surface area contributed by atoms with Crippen LogP contribution in [0.5, 0.6) is 0 Å². The molecule has 3 aliphatic heterocycles. The fourth-order valence-electron chi connectivity index (χ4n) is 6.48. The third-order valence-electron chi connectivity index (χ3n) is 8.56. The Bertz CT molecular complexity index is 1020. The molecule has 8 heteroatoms. The molecular weight excluding hydrogens is 480 g/mol. The normalized spacial score (nSPS) is 26.9. The van der Waals surface area contributed by atoms with E-state index in [4.69, 9.17) is 4.74 Å². The van der Waals surface area contributed by atoms with Crippen molar-refractivity contribution in [3.8, 4) is 0 Å². The monoisotopic (exact) mass is 524 g/mol. The van der Waals surface area contributed by atoms with Gasteiger partial charge in [0.25, 0.3) is 5.91 Å². The van der Waals surface area contributed by atoms with Gasteiger partial charge < -0.3 is 19.9 Å². The summed E-state index contributed by atoms with van der Waals surface area (Å²) < 4.78 is 5.86. The van der Waals surface area contributed by atoms with Crippen molar-refractivity contribution in [2.45, 2.75) is 71.6 Å². The van der Waals surface area contributed by atoms with Crippen LogP contribution in [0.1, 0.15) is 63.7 Å². The molecule has 0 spiro atoms. The van der Waals surface area contributed by atoms with Gasteiger partial charge in [-0.25, -0.2) is 0 Å². The van der Waals surface area contributed by atoms with E-state index in [-0.39, 0.29) is 41.6 Å². The molecule has 1 aliphatic carbocycles. The standard InChI is InChI=1S/C30H44N4O4/c1-5-12-32-13-15-33(16-14-32)22-10-8-21(9-11-22)28(36)31-24(17-30(2,3)4)29(37)34-18-23(20-6-7-20)27-26(34)25(35)19-38-27/h8-11,20,23-24,26-27H,5-7,12-19H2,1-4H3,(H,31,36)/t23-,24?,26+,27+/m0/s1. The van der Waals surface area contributed by atoms with Crippen LogP contribution in [0.3, 0.4) is 0 Å². The highest BCUT2D eigenvalue weighted by Crippen LogP contribution is 2.46. The second-order valence-corrected chi connectivity index (χ2v) is 12.8. The van der Waals surface area contributed by atoms with Crippen molar-refractivity contribution in [2.75, 3.05) is 50.8 Å². The van der Waals surface area contributed by atoms with Crippen molar-refractivity contribution in [3.05, 3.63) is 29.8 Å². The highest BCUT2D eigenvalue weighted by atomic mass is 16.5. The number of nitrogens with zero attached hydrogens (tertiary/aromatic N) is 3. The van der Waals surface area contributed by atoms with Gasteiger partial charge in [0, 0.05) is 49.9 Å². The molecule has 1 saturated carbocycles. The molecule has 38 heavy (non-hydrogen) atoms. The van der Waals surface area contributed by atoms with E-state index in [1.54, 1.807) is 4.90 Å². The number of ketones is 1. The van der Waals surface area contributed by atoms with Crippen LogP contribution in [-0.2, 0) is 14.3 Å². The molecule has 1 unspecified atom stereocenters. The molecule has 3 heterocycles. The zero-order valence-electron chi connectivity index (χ0n) is 23.4. The third-order valence-corrected chi connectivity index (χ3v) is 8.56. The van der Waals surface area contributed by atoms with Gasteiger partial charge in [-0.1, -0.05) is 27.7 Å². The van der Waals surface area contributed by atoms with E-state index in [1.807, 2.05) is 24.3 Å². The third kappa shape index (κ3) is 5.91. The Morgan fingerprint density at radius 3 is 2.37 bits per heavy atom. The average Bonchev–Trinajstić information content (AvgIpc) is 3.56. The fourth-order valence-corrected chi connectivity index (χ4v) is 6.48. The topological polar surface area (TPSA) is 82.2 Å². The van der Waals surface area contributed by atoms with Crippen LogP contribution < -0.4 is 10.2 Å². The number of ether oxygens (including phenoxy) is 1. The van der Waals surface area contributed by atoms with Gasteiger partial charge in [-0.15, -0.1) is 0 Å². The van der Waals surface area contributed by atoms with E-state index in [2.05, 4.69) is 42.8 Å². The zero-order chi connectivity index (χ0) is 27.0. The summed E-state index contributed by atoms with van der Waals surface area (Å²) in [6.45, 7) is 14.3. The first-order valence-electron chi connectivity index (χ1n) is 14.5. The molecule has 8 nitrogen and oxygen atoms in total. The van der Waals surface area contributed by atoms with Crippen LogP contribution in [0, 0.1) is 17.3 Å². The Hall–Kier alpha value is -2.45. The summed E-state index contributed by atoms with van der Waals surface area (Å²) in [4.78, 5) is 46.5. The summed E-state index contributed by atoms with van der Waals surface area (Å²) >= 11 is 0. The first-order valence-corrected chi connectivity index (χ1v) is 14.5. The fraction of sp³-hybridized carbons (Fsp3) is 0.700. The van der Waals surface area contributed by atoms with Crippen molar-refractivity contribution < 1.29 is 19.1 Å². The van der Waals surface area contributed by atoms with E-state index in [1.165, 1.54) is 6.42 Å². The number of amides is 2. The van der Waals surface area contributed by atoms with Gasteiger partial charge in [-0.05, 0) is 67.8 Å². The van der Waals surface area contributed by atoms with Crippen LogP contribution in [0.2, 0.25) is 0 Å². The minimum absolute atomic E-state index is 0.0153. The molecule has 5 rings (SSSR count). The van der Waals surface area contributed by atoms with Crippen molar-refractivity contribution in [1.82, 2.24) is 15.1 Å². The molecule has 3 saturated heterocycles. The number of hydrogen-bond acceptors (Lipinski definition) is 6. The molecule has 4 atom stereocenters. The Kier molecular flexibility index (Phi) is 7.83. The molecule has 1 N–H and O–H groups in total. The summed E-state index contributed by atoms with van der Waals surface area (Å²) in [5.74, 6) is 0.327. The molecule has 0 radical (unpaired) electrons. The molecule has 4 aliphatic rings. The Labute approximate surface area is 227 Å². The molecule has 1 aromatic rings. The number of nitrogens with one attached hydrogen (secondary N) is 1. The second-order valence-electron chi connectivity index (χ2n) is 12.8. The number of benzene rings is 1. The summed E-state index contributed by atoms with van der Waals surface area (Å²) in [7, 11) is 0. The molecular formula is C30H44N4O4. The molecule has 0 aromatic heterocycles. The van der Waals surface area contributed by atoms with E-state index in [9.17, 15) is 14.4 Å². The number of hydrogen-bond donors (Lipinski definition) is 1. The smallest absolute Gasteiger partial charge is 0.251 e.